The van der Waals surface area contributed by atoms with Gasteiger partial charge in [-0.25, -0.2) is 26.7 Å². The van der Waals surface area contributed by atoms with Crippen LogP contribution >= 0.6 is 0 Å². The molecule has 3 aliphatic rings. The molecule has 2 fully saturated rings. The van der Waals surface area contributed by atoms with Crippen molar-refractivity contribution in [3.05, 3.63) is 41.5 Å². The summed E-state index contributed by atoms with van der Waals surface area (Å²) in [5, 5.41) is 6.71. The molecule has 0 radical (unpaired) electrons. The smallest absolute Gasteiger partial charge is 0.322 e. The minimum Gasteiger partial charge on any atom is -0.342 e. The highest BCUT2D eigenvalue weighted by Gasteiger charge is 2.50. The first-order valence-corrected chi connectivity index (χ1v) is 12.5. The molecule has 0 bridgehead atoms. The lowest BCUT2D eigenvalue weighted by atomic mass is 9.87. The molecule has 0 aliphatic carbocycles. The lowest BCUT2D eigenvalue weighted by molar-refractivity contribution is -0.147. The highest BCUT2D eigenvalue weighted by molar-refractivity contribution is 6.02. The fourth-order valence-electron chi connectivity index (χ4n) is 5.41. The molecule has 1 aromatic heterocycles. The molecule has 4 heterocycles. The Morgan fingerprint density at radius 3 is 2.38 bits per heavy atom. The monoisotopic (exact) mass is 554 g/mol. The Morgan fingerprint density at radius 1 is 1.10 bits per heavy atom. The van der Waals surface area contributed by atoms with Crippen molar-refractivity contribution in [3.63, 3.8) is 0 Å². The number of carbonyl (C=O) groups excluding carboxylic acids is 3. The Bertz CT molecular complexity index is 1320. The fourth-order valence-corrected chi connectivity index (χ4v) is 5.41. The molecule has 1 unspecified atom stereocenters. The van der Waals surface area contributed by atoms with Gasteiger partial charge in [0.15, 0.2) is 17.5 Å². The van der Waals surface area contributed by atoms with Crippen LogP contribution in [-0.4, -0.2) is 69.0 Å². The minimum absolute atomic E-state index is 0.00978. The molecule has 1 aromatic carbocycles. The van der Waals surface area contributed by atoms with Crippen LogP contribution in [0.3, 0.4) is 0 Å². The molecule has 14 heteroatoms. The average molecular weight is 555 g/mol. The number of rotatable bonds is 3. The van der Waals surface area contributed by atoms with Crippen molar-refractivity contribution in [1.82, 2.24) is 19.6 Å². The Morgan fingerprint density at radius 2 is 1.74 bits per heavy atom. The van der Waals surface area contributed by atoms with Gasteiger partial charge in [-0.15, -0.1) is 0 Å². The van der Waals surface area contributed by atoms with E-state index in [2.05, 4.69) is 10.4 Å². The number of hydrogen-bond donors (Lipinski definition) is 1. The second-order valence-electron chi connectivity index (χ2n) is 10.7. The third-order valence-corrected chi connectivity index (χ3v) is 7.65. The summed E-state index contributed by atoms with van der Waals surface area (Å²) in [5.74, 6) is -8.03. The van der Waals surface area contributed by atoms with E-state index < -0.39 is 53.7 Å². The number of benzene rings is 1. The van der Waals surface area contributed by atoms with E-state index in [1.54, 1.807) is 18.5 Å². The summed E-state index contributed by atoms with van der Waals surface area (Å²) in [6.07, 6.45) is 0.531. The van der Waals surface area contributed by atoms with Gasteiger partial charge < -0.3 is 20.0 Å². The number of anilines is 2. The molecule has 2 atom stereocenters. The number of piperidine rings is 1. The molecule has 4 amide bonds. The maximum atomic E-state index is 13.6. The number of alkyl halides is 2. The van der Waals surface area contributed by atoms with Crippen molar-refractivity contribution >= 4 is 29.2 Å². The fraction of sp³-hybridized carbons (Fsp3) is 0.520. The van der Waals surface area contributed by atoms with Crippen LogP contribution in [0.5, 0.6) is 0 Å². The molecule has 39 heavy (non-hydrogen) atoms. The van der Waals surface area contributed by atoms with E-state index in [9.17, 15) is 36.3 Å². The highest BCUT2D eigenvalue weighted by atomic mass is 19.3. The number of urea groups is 1. The summed E-state index contributed by atoms with van der Waals surface area (Å²) < 4.78 is 69.3. The summed E-state index contributed by atoms with van der Waals surface area (Å²) in [5.41, 5.74) is -0.455. The summed E-state index contributed by atoms with van der Waals surface area (Å²) in [6.45, 7) is 3.49. The van der Waals surface area contributed by atoms with Crippen molar-refractivity contribution < 1.29 is 36.3 Å². The molecule has 0 spiro atoms. The normalized spacial score (nSPS) is 24.6. The second kappa shape index (κ2) is 9.49. The van der Waals surface area contributed by atoms with Crippen molar-refractivity contribution in [2.24, 2.45) is 5.41 Å². The van der Waals surface area contributed by atoms with Crippen molar-refractivity contribution in [2.45, 2.75) is 58.2 Å². The number of amides is 4. The van der Waals surface area contributed by atoms with E-state index in [4.69, 9.17) is 0 Å². The number of likely N-dealkylation sites (tertiary alicyclic amines) is 1. The lowest BCUT2D eigenvalue weighted by Gasteiger charge is -2.36. The first kappa shape index (κ1) is 26.9. The zero-order chi connectivity index (χ0) is 28.3. The first-order chi connectivity index (χ1) is 18.3. The molecular formula is C25H27F5N6O3. The van der Waals surface area contributed by atoms with Crippen LogP contribution in [-0.2, 0) is 22.7 Å². The van der Waals surface area contributed by atoms with E-state index in [1.807, 2.05) is 0 Å². The minimum atomic E-state index is -2.80. The number of halogens is 5. The van der Waals surface area contributed by atoms with Crippen LogP contribution in [0.4, 0.5) is 38.1 Å². The maximum Gasteiger partial charge on any atom is 0.322 e. The molecule has 210 valence electrons. The molecular weight excluding hydrogens is 527 g/mol. The van der Waals surface area contributed by atoms with Crippen molar-refractivity contribution in [1.29, 1.82) is 0 Å². The molecule has 2 aromatic rings. The predicted octanol–water partition coefficient (Wildman–Crippen LogP) is 3.74. The third-order valence-electron chi connectivity index (χ3n) is 7.65. The van der Waals surface area contributed by atoms with Crippen LogP contribution in [0.25, 0.3) is 0 Å². The Hall–Kier alpha value is -3.71. The SMILES string of the molecule is C[C@H]1Cn2ncc(N3CC(C)(C(=O)N4CCC(F)(F)CC4)CC3=O)c2CN1C(=O)Nc1cc(F)c(F)c(F)c1. The van der Waals surface area contributed by atoms with E-state index in [0.717, 1.165) is 0 Å². The number of nitrogens with zero attached hydrogens (tertiary/aromatic N) is 5. The number of hydrogen-bond acceptors (Lipinski definition) is 4. The van der Waals surface area contributed by atoms with Gasteiger partial charge in [-0.2, -0.15) is 5.10 Å². The Labute approximate surface area is 220 Å². The highest BCUT2D eigenvalue weighted by Crippen LogP contribution is 2.40. The molecule has 1 N–H and O–H groups in total. The molecule has 0 saturated carbocycles. The average Bonchev–Trinajstić information content (AvgIpc) is 3.41. The number of carbonyl (C=O) groups is 3. The quantitative estimate of drug-likeness (QED) is 0.463. The second-order valence-corrected chi connectivity index (χ2v) is 10.7. The number of nitrogens with one attached hydrogen (secondary N) is 1. The molecule has 2 saturated heterocycles. The predicted molar refractivity (Wildman–Crippen MR) is 128 cm³/mol. The van der Waals surface area contributed by atoms with Crippen LogP contribution in [0.2, 0.25) is 0 Å². The van der Waals surface area contributed by atoms with Gasteiger partial charge in [-0.1, -0.05) is 0 Å². The van der Waals surface area contributed by atoms with Gasteiger partial charge in [0, 0.05) is 56.7 Å². The van der Waals surface area contributed by atoms with Gasteiger partial charge in [0.25, 0.3) is 5.92 Å². The number of aromatic nitrogens is 2. The van der Waals surface area contributed by atoms with Gasteiger partial charge in [-0.05, 0) is 13.8 Å². The van der Waals surface area contributed by atoms with Gasteiger partial charge in [0.1, 0.15) is 0 Å². The lowest BCUT2D eigenvalue weighted by Crippen LogP contribution is -2.49. The van der Waals surface area contributed by atoms with Crippen molar-refractivity contribution in [3.8, 4) is 0 Å². The number of fused-ring (bicyclic) bond motifs is 1. The van der Waals surface area contributed by atoms with Gasteiger partial charge in [0.05, 0.1) is 42.1 Å². The van der Waals surface area contributed by atoms with Crippen LogP contribution in [0, 0.1) is 22.9 Å². The zero-order valence-corrected chi connectivity index (χ0v) is 21.3. The van der Waals surface area contributed by atoms with E-state index in [1.165, 1.54) is 20.9 Å². The van der Waals surface area contributed by atoms with E-state index >= 15 is 0 Å². The Kier molecular flexibility index (Phi) is 6.54. The standard InChI is InChI=1S/C25H27F5N6O3/c1-14-11-36-19(12-34(14)23(39)32-15-7-16(26)21(28)17(27)8-15)18(10-31-36)35-13-24(2,9-20(35)37)22(38)33-5-3-25(29,30)4-6-33/h7-8,10,14H,3-6,9,11-13H2,1-2H3,(H,32,39)/t14-,24?/m0/s1. The largest absolute Gasteiger partial charge is 0.342 e. The molecule has 9 nitrogen and oxygen atoms in total. The van der Waals surface area contributed by atoms with Crippen LogP contribution < -0.4 is 10.2 Å². The topological polar surface area (TPSA) is 90.8 Å². The maximum absolute atomic E-state index is 13.6. The van der Waals surface area contributed by atoms with E-state index in [-0.39, 0.29) is 56.6 Å². The zero-order valence-electron chi connectivity index (χ0n) is 21.3. The molecule has 3 aliphatic heterocycles. The van der Waals surface area contributed by atoms with Crippen LogP contribution in [0.15, 0.2) is 18.3 Å². The summed E-state index contributed by atoms with van der Waals surface area (Å²) in [7, 11) is 0. The summed E-state index contributed by atoms with van der Waals surface area (Å²) >= 11 is 0. The summed E-state index contributed by atoms with van der Waals surface area (Å²) in [4.78, 5) is 43.5. The first-order valence-electron chi connectivity index (χ1n) is 12.5. The van der Waals surface area contributed by atoms with Crippen LogP contribution in [0.1, 0.15) is 38.8 Å². The third kappa shape index (κ3) is 4.91. The van der Waals surface area contributed by atoms with Gasteiger partial charge in [-0.3, -0.25) is 14.3 Å². The van der Waals surface area contributed by atoms with E-state index in [0.29, 0.717) is 23.5 Å². The Balaban J connectivity index is 1.32. The van der Waals surface area contributed by atoms with Gasteiger partial charge >= 0.3 is 6.03 Å². The summed E-state index contributed by atoms with van der Waals surface area (Å²) in [6, 6.07) is 0.259. The van der Waals surface area contributed by atoms with Gasteiger partial charge in [0.2, 0.25) is 11.8 Å². The molecule has 5 rings (SSSR count). The van der Waals surface area contributed by atoms with Crippen molar-refractivity contribution in [2.75, 3.05) is 29.9 Å².